The van der Waals surface area contributed by atoms with Gasteiger partial charge in [-0.2, -0.15) is 0 Å². The highest BCUT2D eigenvalue weighted by Crippen LogP contribution is 2.23. The summed E-state index contributed by atoms with van der Waals surface area (Å²) in [4.78, 5) is 14.6. The maximum atomic E-state index is 12.4. The molecule has 0 aromatic heterocycles. The number of benzene rings is 1. The van der Waals surface area contributed by atoms with Crippen molar-refractivity contribution in [1.29, 1.82) is 0 Å². The van der Waals surface area contributed by atoms with Crippen LogP contribution in [0.4, 0.5) is 5.69 Å². The molecule has 1 aliphatic rings. The van der Waals surface area contributed by atoms with Crippen LogP contribution in [0.3, 0.4) is 0 Å². The molecule has 1 amide bonds. The molecule has 1 saturated heterocycles. The summed E-state index contributed by atoms with van der Waals surface area (Å²) in [7, 11) is -3.71. The van der Waals surface area contributed by atoms with Gasteiger partial charge >= 0.3 is 0 Å². The van der Waals surface area contributed by atoms with E-state index in [1.165, 1.54) is 18.6 Å². The summed E-state index contributed by atoms with van der Waals surface area (Å²) in [5.41, 5.74) is 0.562. The van der Waals surface area contributed by atoms with Gasteiger partial charge in [-0.25, -0.2) is 13.6 Å². The Morgan fingerprint density at radius 1 is 1.22 bits per heavy atom. The number of likely N-dealkylation sites (tertiary alicyclic amines) is 1. The van der Waals surface area contributed by atoms with Crippen LogP contribution >= 0.6 is 0 Å². The van der Waals surface area contributed by atoms with Crippen LogP contribution in [-0.4, -0.2) is 38.4 Å². The molecule has 1 fully saturated rings. The Morgan fingerprint density at radius 2 is 1.74 bits per heavy atom. The maximum Gasteiger partial charge on any atom is 0.241 e. The first-order valence-electron chi connectivity index (χ1n) is 7.84. The number of nitrogens with zero attached hydrogens (tertiary/aromatic N) is 1. The van der Waals surface area contributed by atoms with Crippen molar-refractivity contribution in [3.05, 3.63) is 24.3 Å². The van der Waals surface area contributed by atoms with E-state index in [2.05, 4.69) is 24.1 Å². The highest BCUT2D eigenvalue weighted by Gasteiger charge is 2.28. The van der Waals surface area contributed by atoms with E-state index >= 15 is 0 Å². The Kier molecular flexibility index (Phi) is 5.44. The van der Waals surface area contributed by atoms with Crippen molar-refractivity contribution < 1.29 is 13.2 Å². The van der Waals surface area contributed by atoms with Crippen molar-refractivity contribution in [2.75, 3.05) is 18.4 Å². The number of hydrogen-bond donors (Lipinski definition) is 2. The van der Waals surface area contributed by atoms with E-state index in [0.29, 0.717) is 17.5 Å². The predicted octanol–water partition coefficient (Wildman–Crippen LogP) is 1.64. The first-order valence-corrected chi connectivity index (χ1v) is 9.39. The molecule has 1 aromatic carbocycles. The molecule has 0 bridgehead atoms. The molecule has 1 heterocycles. The van der Waals surface area contributed by atoms with Gasteiger partial charge in [-0.15, -0.1) is 0 Å². The van der Waals surface area contributed by atoms with E-state index in [9.17, 15) is 13.2 Å². The quantitative estimate of drug-likeness (QED) is 0.872. The topological polar surface area (TPSA) is 92.5 Å². The molecule has 1 aliphatic heterocycles. The first kappa shape index (κ1) is 17.9. The summed E-state index contributed by atoms with van der Waals surface area (Å²) in [6.07, 6.45) is 1.19. The highest BCUT2D eigenvalue weighted by atomic mass is 32.2. The van der Waals surface area contributed by atoms with Gasteiger partial charge < -0.3 is 5.32 Å². The molecular weight excluding hydrogens is 314 g/mol. The Labute approximate surface area is 138 Å². The number of anilines is 1. The molecule has 0 unspecified atom stereocenters. The standard InChI is InChI=1S/C16H25N3O3S/c1-11-8-12(2)10-19(9-11)13(3)16(20)18-14-4-6-15(7-5-14)23(17,21)22/h4-7,11-13H,8-10H2,1-3H3,(H,18,20)(H2,17,21,22)/t11-,12-,13+/m1/s1. The Hall–Kier alpha value is -1.44. The number of primary sulfonamides is 1. The molecule has 1 aromatic rings. The summed E-state index contributed by atoms with van der Waals surface area (Å²) >= 11 is 0. The molecule has 0 radical (unpaired) electrons. The van der Waals surface area contributed by atoms with Crippen molar-refractivity contribution in [3.8, 4) is 0 Å². The number of amides is 1. The van der Waals surface area contributed by atoms with Crippen LogP contribution in [0.2, 0.25) is 0 Å². The fourth-order valence-corrected chi connectivity index (χ4v) is 3.68. The van der Waals surface area contributed by atoms with Crippen molar-refractivity contribution in [1.82, 2.24) is 4.90 Å². The molecule has 7 heteroatoms. The van der Waals surface area contributed by atoms with Crippen LogP contribution in [0.5, 0.6) is 0 Å². The molecule has 6 nitrogen and oxygen atoms in total. The number of piperidine rings is 1. The third-order valence-corrected chi connectivity index (χ3v) is 5.20. The van der Waals surface area contributed by atoms with Gasteiger partial charge in [-0.1, -0.05) is 13.8 Å². The van der Waals surface area contributed by atoms with E-state index in [1.54, 1.807) is 12.1 Å². The van der Waals surface area contributed by atoms with Gasteiger partial charge in [-0.05, 0) is 49.4 Å². The van der Waals surface area contributed by atoms with Crippen molar-refractivity contribution in [2.45, 2.75) is 38.1 Å². The fraction of sp³-hybridized carbons (Fsp3) is 0.562. The molecule has 128 valence electrons. The minimum absolute atomic E-state index is 0.0298. The molecule has 0 aliphatic carbocycles. The number of nitrogens with two attached hydrogens (primary N) is 1. The zero-order valence-electron chi connectivity index (χ0n) is 13.8. The Morgan fingerprint density at radius 3 is 2.22 bits per heavy atom. The number of nitrogens with one attached hydrogen (secondary N) is 1. The summed E-state index contributed by atoms with van der Waals surface area (Å²) < 4.78 is 22.5. The predicted molar refractivity (Wildman–Crippen MR) is 90.4 cm³/mol. The number of hydrogen-bond acceptors (Lipinski definition) is 4. The lowest BCUT2D eigenvalue weighted by molar-refractivity contribution is -0.121. The summed E-state index contributed by atoms with van der Waals surface area (Å²) in [5, 5.41) is 7.89. The summed E-state index contributed by atoms with van der Waals surface area (Å²) in [6.45, 7) is 8.16. The zero-order valence-corrected chi connectivity index (χ0v) is 14.6. The minimum Gasteiger partial charge on any atom is -0.325 e. The molecule has 2 rings (SSSR count). The normalized spacial score (nSPS) is 24.2. The first-order chi connectivity index (χ1) is 10.7. The maximum absolute atomic E-state index is 12.4. The second-order valence-corrected chi connectivity index (χ2v) is 8.20. The lowest BCUT2D eigenvalue weighted by Crippen LogP contribution is -2.48. The number of rotatable bonds is 4. The summed E-state index contributed by atoms with van der Waals surface area (Å²) in [6, 6.07) is 5.65. The van der Waals surface area contributed by atoms with Gasteiger partial charge in [0, 0.05) is 18.8 Å². The van der Waals surface area contributed by atoms with Crippen molar-refractivity contribution in [3.63, 3.8) is 0 Å². The average molecular weight is 339 g/mol. The van der Waals surface area contributed by atoms with Crippen LogP contribution in [-0.2, 0) is 14.8 Å². The van der Waals surface area contributed by atoms with E-state index in [1.807, 2.05) is 6.92 Å². The fourth-order valence-electron chi connectivity index (χ4n) is 3.17. The van der Waals surface area contributed by atoms with Crippen molar-refractivity contribution in [2.24, 2.45) is 17.0 Å². The lowest BCUT2D eigenvalue weighted by Gasteiger charge is -2.38. The lowest BCUT2D eigenvalue weighted by atomic mass is 9.91. The third-order valence-electron chi connectivity index (χ3n) is 4.27. The van der Waals surface area contributed by atoms with Crippen LogP contribution in [0.15, 0.2) is 29.2 Å². The van der Waals surface area contributed by atoms with E-state index in [4.69, 9.17) is 5.14 Å². The largest absolute Gasteiger partial charge is 0.325 e. The molecule has 23 heavy (non-hydrogen) atoms. The van der Waals surface area contributed by atoms with Gasteiger partial charge in [0.05, 0.1) is 10.9 Å². The Bertz CT molecular complexity index is 648. The van der Waals surface area contributed by atoms with Gasteiger partial charge in [0.1, 0.15) is 0 Å². The monoisotopic (exact) mass is 339 g/mol. The van der Waals surface area contributed by atoms with Crippen molar-refractivity contribution >= 4 is 21.6 Å². The van der Waals surface area contributed by atoms with E-state index in [-0.39, 0.29) is 16.8 Å². The van der Waals surface area contributed by atoms with Crippen LogP contribution in [0.1, 0.15) is 27.2 Å². The number of sulfonamides is 1. The number of carbonyl (C=O) groups is 1. The SMILES string of the molecule is C[C@@H]1C[C@@H](C)CN([C@@H](C)C(=O)Nc2ccc(S(N)(=O)=O)cc2)C1. The summed E-state index contributed by atoms with van der Waals surface area (Å²) in [5.74, 6) is 1.08. The molecule has 3 N–H and O–H groups in total. The Balaban J connectivity index is 2.01. The zero-order chi connectivity index (χ0) is 17.2. The van der Waals surface area contributed by atoms with E-state index < -0.39 is 10.0 Å². The number of carbonyl (C=O) groups excluding carboxylic acids is 1. The van der Waals surface area contributed by atoms with Crippen LogP contribution in [0, 0.1) is 11.8 Å². The molecule has 3 atom stereocenters. The van der Waals surface area contributed by atoms with Gasteiger partial charge in [0.2, 0.25) is 15.9 Å². The molecular formula is C16H25N3O3S. The van der Waals surface area contributed by atoms with Gasteiger partial charge in [-0.3, -0.25) is 9.69 Å². The van der Waals surface area contributed by atoms with Gasteiger partial charge in [0.15, 0.2) is 0 Å². The minimum atomic E-state index is -3.71. The second-order valence-electron chi connectivity index (χ2n) is 6.63. The molecule has 0 saturated carbocycles. The van der Waals surface area contributed by atoms with E-state index in [0.717, 1.165) is 13.1 Å². The average Bonchev–Trinajstić information content (AvgIpc) is 2.45. The highest BCUT2D eigenvalue weighted by molar-refractivity contribution is 7.89. The van der Waals surface area contributed by atoms with Crippen LogP contribution < -0.4 is 10.5 Å². The second kappa shape index (κ2) is 6.98. The smallest absolute Gasteiger partial charge is 0.241 e. The molecule has 0 spiro atoms. The third kappa shape index (κ3) is 4.76. The van der Waals surface area contributed by atoms with Gasteiger partial charge in [0.25, 0.3) is 0 Å². The van der Waals surface area contributed by atoms with Crippen LogP contribution in [0.25, 0.3) is 0 Å².